The molecule has 3 aliphatic heterocycles. The number of hydrogen-bond acceptors (Lipinski definition) is 12. The summed E-state index contributed by atoms with van der Waals surface area (Å²) in [5.74, 6) is -0.650. The van der Waals surface area contributed by atoms with Crippen LogP contribution in [0.1, 0.15) is 24.6 Å². The number of rotatable bonds is 10. The number of nitrogens with zero attached hydrogens (tertiary/aromatic N) is 4. The molecule has 4 heterocycles. The zero-order valence-corrected chi connectivity index (χ0v) is 29.6. The molecule has 3 aromatic rings. The van der Waals surface area contributed by atoms with Gasteiger partial charge in [-0.05, 0) is 42.3 Å². The molecule has 2 saturated heterocycles. The van der Waals surface area contributed by atoms with Gasteiger partial charge < -0.3 is 50.0 Å². The van der Waals surface area contributed by atoms with Crippen LogP contribution in [0.4, 0.5) is 11.4 Å². The first-order valence-electron chi connectivity index (χ1n) is 16.7. The van der Waals surface area contributed by atoms with Gasteiger partial charge in [-0.1, -0.05) is 42.6 Å². The highest BCUT2D eigenvalue weighted by atomic mass is 28.3. The number of aryl methyl sites for hydroxylation is 1. The Labute approximate surface area is 290 Å². The van der Waals surface area contributed by atoms with E-state index in [1.54, 1.807) is 48.1 Å². The zero-order chi connectivity index (χ0) is 36.1. The summed E-state index contributed by atoms with van der Waals surface area (Å²) in [4.78, 5) is 29.3. The fourth-order valence-corrected chi connectivity index (χ4v) is 12.1. The van der Waals surface area contributed by atoms with E-state index in [1.165, 1.54) is 5.19 Å². The van der Waals surface area contributed by atoms with Crippen LogP contribution in [0, 0.1) is 5.92 Å². The van der Waals surface area contributed by atoms with Gasteiger partial charge in [0.15, 0.2) is 18.0 Å². The summed E-state index contributed by atoms with van der Waals surface area (Å²) in [7, 11) is 0.894. The van der Waals surface area contributed by atoms with Gasteiger partial charge in [-0.15, -0.1) is 5.10 Å². The van der Waals surface area contributed by atoms with Crippen molar-refractivity contribution in [2.75, 3.05) is 31.0 Å². The van der Waals surface area contributed by atoms with E-state index < -0.39 is 50.3 Å². The monoisotopic (exact) mass is 711 g/mol. The first-order valence-corrected chi connectivity index (χ1v) is 19.8. The van der Waals surface area contributed by atoms with Crippen molar-refractivity contribution in [3.05, 3.63) is 59.9 Å². The summed E-state index contributed by atoms with van der Waals surface area (Å²) >= 11 is 0. The van der Waals surface area contributed by atoms with E-state index in [0.717, 1.165) is 5.75 Å². The van der Waals surface area contributed by atoms with Crippen molar-refractivity contribution in [2.45, 2.75) is 87.4 Å². The van der Waals surface area contributed by atoms with Crippen molar-refractivity contribution in [2.24, 2.45) is 5.92 Å². The van der Waals surface area contributed by atoms with Crippen LogP contribution in [0.25, 0.3) is 0 Å². The Morgan fingerprint density at radius 1 is 1.08 bits per heavy atom. The van der Waals surface area contributed by atoms with Crippen molar-refractivity contribution >= 4 is 36.4 Å². The van der Waals surface area contributed by atoms with Crippen LogP contribution in [0.5, 0.6) is 5.75 Å². The second-order valence-corrected chi connectivity index (χ2v) is 18.6. The van der Waals surface area contributed by atoms with Crippen LogP contribution in [0.15, 0.2) is 48.7 Å². The number of aliphatic hydroxyl groups excluding tert-OH is 5. The summed E-state index contributed by atoms with van der Waals surface area (Å²) in [5.41, 5.74) is 0.710. The zero-order valence-electron chi connectivity index (χ0n) is 28.6. The summed E-state index contributed by atoms with van der Waals surface area (Å²) in [6, 6.07) is 13.0. The van der Waals surface area contributed by atoms with Crippen molar-refractivity contribution in [1.82, 2.24) is 15.0 Å². The van der Waals surface area contributed by atoms with Crippen molar-refractivity contribution < 1.29 is 49.3 Å². The fourth-order valence-electron chi connectivity index (χ4n) is 7.99. The van der Waals surface area contributed by atoms with Crippen LogP contribution in [-0.4, -0.2) is 118 Å². The number of ether oxygens (including phenoxy) is 3. The minimum atomic E-state index is -2.42. The highest BCUT2D eigenvalue weighted by molar-refractivity contribution is 6.91. The van der Waals surface area contributed by atoms with Crippen molar-refractivity contribution in [1.29, 1.82) is 0 Å². The SMILES string of the molecule is COc1ccc([Si](C)(C)[C@@H]2[C@@H](CCn3cc(CCO)nn3)O[C@]3(C(=O)N(C)c4ccc(NC(=O)[C@H]5O[C@@H](O)[C@H](O)[C@@H](O)[C@@H]5O)cc43)[C@H]2C)cc1. The minimum Gasteiger partial charge on any atom is -0.497 e. The van der Waals surface area contributed by atoms with E-state index in [4.69, 9.17) is 14.2 Å². The van der Waals surface area contributed by atoms with E-state index in [0.29, 0.717) is 36.3 Å². The molecule has 9 atom stereocenters. The molecule has 0 unspecified atom stereocenters. The molecule has 6 rings (SSSR count). The molecule has 6 N–H and O–H groups in total. The van der Waals surface area contributed by atoms with Gasteiger partial charge in [0.2, 0.25) is 0 Å². The highest BCUT2D eigenvalue weighted by Crippen LogP contribution is 2.60. The first kappa shape index (κ1) is 36.1. The maximum absolute atomic E-state index is 14.4. The number of aliphatic hydroxyl groups is 5. The lowest BCUT2D eigenvalue weighted by atomic mass is 9.82. The molecule has 1 aromatic heterocycles. The summed E-state index contributed by atoms with van der Waals surface area (Å²) in [6.45, 7) is 7.03. The molecule has 1 spiro atoms. The van der Waals surface area contributed by atoms with E-state index in [2.05, 4.69) is 40.9 Å². The molecule has 2 amide bonds. The van der Waals surface area contributed by atoms with Gasteiger partial charge in [0.05, 0.1) is 32.7 Å². The van der Waals surface area contributed by atoms with Crippen LogP contribution in [-0.2, 0) is 37.6 Å². The topological polar surface area (TPSA) is 209 Å². The number of benzene rings is 2. The van der Waals surface area contributed by atoms with Crippen LogP contribution < -0.4 is 20.1 Å². The predicted octanol–water partition coefficient (Wildman–Crippen LogP) is -0.157. The maximum atomic E-state index is 14.4. The number of fused-ring (bicyclic) bond motifs is 2. The molecule has 270 valence electrons. The van der Waals surface area contributed by atoms with Gasteiger partial charge in [0, 0.05) is 50.0 Å². The van der Waals surface area contributed by atoms with E-state index in [1.807, 2.05) is 19.1 Å². The summed E-state index contributed by atoms with van der Waals surface area (Å²) in [5, 5.41) is 61.9. The maximum Gasteiger partial charge on any atom is 0.264 e. The lowest BCUT2D eigenvalue weighted by Crippen LogP contribution is -2.60. The number of likely N-dealkylation sites (N-methyl/N-ethyl adjacent to an activating group) is 1. The minimum absolute atomic E-state index is 0.0348. The van der Waals surface area contributed by atoms with E-state index in [-0.39, 0.29) is 35.8 Å². The third-order valence-corrected chi connectivity index (χ3v) is 15.0. The number of carbonyl (C=O) groups is 2. The third-order valence-electron chi connectivity index (χ3n) is 10.7. The Kier molecular flexibility index (Phi) is 9.93. The van der Waals surface area contributed by atoms with Crippen LogP contribution >= 0.6 is 0 Å². The average Bonchev–Trinajstić information content (AvgIpc) is 3.74. The molecular weight excluding hydrogens is 666 g/mol. The van der Waals surface area contributed by atoms with E-state index >= 15 is 0 Å². The third kappa shape index (κ3) is 6.02. The lowest BCUT2D eigenvalue weighted by molar-refractivity contribution is -0.274. The molecule has 15 nitrogen and oxygen atoms in total. The van der Waals surface area contributed by atoms with Gasteiger partial charge in [0.1, 0.15) is 24.1 Å². The number of carbonyl (C=O) groups excluding carboxylic acids is 2. The Balaban J connectivity index is 1.36. The largest absolute Gasteiger partial charge is 0.497 e. The Bertz CT molecular complexity index is 1720. The Morgan fingerprint density at radius 2 is 1.80 bits per heavy atom. The van der Waals surface area contributed by atoms with Crippen molar-refractivity contribution in [3.63, 3.8) is 0 Å². The number of nitrogens with one attached hydrogen (secondary N) is 1. The highest BCUT2D eigenvalue weighted by Gasteiger charge is 2.65. The number of methoxy groups -OCH3 is 1. The van der Waals surface area contributed by atoms with Gasteiger partial charge in [-0.25, -0.2) is 0 Å². The average molecular weight is 712 g/mol. The number of aromatic nitrogens is 3. The molecule has 2 aromatic carbocycles. The normalized spacial score (nSPS) is 30.9. The first-order chi connectivity index (χ1) is 23.7. The van der Waals surface area contributed by atoms with Crippen LogP contribution in [0.2, 0.25) is 18.6 Å². The Hall–Kier alpha value is -3.74. The summed E-state index contributed by atoms with van der Waals surface area (Å²) < 4.78 is 19.3. The molecule has 16 heteroatoms. The van der Waals surface area contributed by atoms with Gasteiger partial charge in [-0.2, -0.15) is 0 Å². The predicted molar refractivity (Wildman–Crippen MR) is 182 cm³/mol. The smallest absolute Gasteiger partial charge is 0.264 e. The molecule has 0 aliphatic carbocycles. The van der Waals surface area contributed by atoms with Gasteiger partial charge in [0.25, 0.3) is 11.8 Å². The van der Waals surface area contributed by atoms with Crippen molar-refractivity contribution in [3.8, 4) is 5.75 Å². The number of hydrogen-bond donors (Lipinski definition) is 6. The molecule has 0 bridgehead atoms. The number of anilines is 2. The van der Waals surface area contributed by atoms with E-state index in [9.17, 15) is 35.1 Å². The fraction of sp³-hybridized carbons (Fsp3) is 0.529. The molecule has 3 aliphatic rings. The second-order valence-electron chi connectivity index (χ2n) is 13.9. The molecule has 0 radical (unpaired) electrons. The van der Waals surface area contributed by atoms with Crippen LogP contribution in [0.3, 0.4) is 0 Å². The quantitative estimate of drug-likeness (QED) is 0.152. The summed E-state index contributed by atoms with van der Waals surface area (Å²) in [6.07, 6.45) is -6.58. The van der Waals surface area contributed by atoms with Gasteiger partial charge in [-0.3, -0.25) is 14.3 Å². The lowest BCUT2D eigenvalue weighted by Gasteiger charge is -2.37. The Morgan fingerprint density at radius 3 is 2.48 bits per heavy atom. The second kappa shape index (κ2) is 13.8. The molecule has 2 fully saturated rings. The molecule has 50 heavy (non-hydrogen) atoms. The number of amides is 2. The molecule has 0 saturated carbocycles. The van der Waals surface area contributed by atoms with Gasteiger partial charge >= 0.3 is 0 Å². The molecular formula is C34H45N5O10Si. The standard InChI is InChI=1S/C34H45N5O10Si/c1-18-30(50(4,5)22-9-7-21(47-3)8-10-22)25(12-14-39-17-20(13-15-40)36-37-39)49-34(18)23-16-19(6-11-24(23)38(2)33(34)46)35-31(44)29-27(42)26(41)28(43)32(45)48-29/h6-11,16-18,25-30,32,40-43,45H,12-15H2,1-5H3,(H,35,44)/t18-,25+,26-,27-,28+,29-,30-,32+,34+/m0/s1.